The first-order valence-electron chi connectivity index (χ1n) is 9.70. The highest BCUT2D eigenvalue weighted by Gasteiger charge is 2.07. The number of aliphatic imine (C=N–C) groups is 1. The van der Waals surface area contributed by atoms with E-state index in [1.165, 1.54) is 11.1 Å². The number of hydrogen-bond donors (Lipinski definition) is 1. The van der Waals surface area contributed by atoms with E-state index in [4.69, 9.17) is 9.73 Å². The molecule has 29 heavy (non-hydrogen) atoms. The van der Waals surface area contributed by atoms with Crippen LogP contribution in [0.5, 0.6) is 5.75 Å². The third-order valence-corrected chi connectivity index (χ3v) is 4.49. The van der Waals surface area contributed by atoms with Crippen molar-refractivity contribution in [3.63, 3.8) is 0 Å². The minimum absolute atomic E-state index is 0.612. The van der Waals surface area contributed by atoms with Crippen molar-refractivity contribution in [1.29, 1.82) is 0 Å². The van der Waals surface area contributed by atoms with Crippen molar-refractivity contribution < 1.29 is 4.74 Å². The molecule has 152 valence electrons. The molecule has 0 saturated heterocycles. The lowest BCUT2D eigenvalue weighted by Crippen LogP contribution is -2.38. The van der Waals surface area contributed by atoms with Crippen LogP contribution in [0.25, 0.3) is 0 Å². The summed E-state index contributed by atoms with van der Waals surface area (Å²) in [5.41, 5.74) is 3.55. The molecule has 7 heteroatoms. The zero-order chi connectivity index (χ0) is 20.5. The first kappa shape index (κ1) is 20.4. The lowest BCUT2D eigenvalue weighted by atomic mass is 10.1. The molecule has 0 spiro atoms. The maximum Gasteiger partial charge on any atom is 0.194 e. The molecule has 3 rings (SSSR count). The number of benzene rings is 2. The first-order chi connectivity index (χ1) is 14.2. The molecule has 1 N–H and O–H groups in total. The fourth-order valence-corrected chi connectivity index (χ4v) is 3.04. The summed E-state index contributed by atoms with van der Waals surface area (Å²) < 4.78 is 7.05. The van der Waals surface area contributed by atoms with Gasteiger partial charge in [0.15, 0.2) is 5.96 Å². The second-order valence-corrected chi connectivity index (χ2v) is 6.79. The second-order valence-electron chi connectivity index (χ2n) is 6.79. The number of hydrogen-bond acceptors (Lipinski definition) is 4. The largest absolute Gasteiger partial charge is 0.497 e. The highest BCUT2D eigenvalue weighted by molar-refractivity contribution is 5.79. The van der Waals surface area contributed by atoms with Gasteiger partial charge in [-0.15, -0.1) is 0 Å². The summed E-state index contributed by atoms with van der Waals surface area (Å²) in [7, 11) is 3.73. The summed E-state index contributed by atoms with van der Waals surface area (Å²) in [6, 6.07) is 16.5. The number of rotatable bonds is 8. The number of methoxy groups -OCH3 is 1. The summed E-state index contributed by atoms with van der Waals surface area (Å²) in [4.78, 5) is 10.9. The van der Waals surface area contributed by atoms with Gasteiger partial charge in [-0.05, 0) is 35.7 Å². The Hall–Kier alpha value is -3.35. The lowest BCUT2D eigenvalue weighted by molar-refractivity contribution is 0.414. The maximum absolute atomic E-state index is 5.23. The number of guanidine groups is 1. The summed E-state index contributed by atoms with van der Waals surface area (Å²) in [6.45, 7) is 4.98. The molecular weight excluding hydrogens is 364 g/mol. The van der Waals surface area contributed by atoms with E-state index in [0.29, 0.717) is 13.1 Å². The third kappa shape index (κ3) is 6.07. The van der Waals surface area contributed by atoms with Crippen LogP contribution in [0.4, 0.5) is 0 Å². The second kappa shape index (κ2) is 10.3. The van der Waals surface area contributed by atoms with Gasteiger partial charge in [-0.25, -0.2) is 14.7 Å². The molecule has 7 nitrogen and oxygen atoms in total. The van der Waals surface area contributed by atoms with E-state index in [1.54, 1.807) is 19.8 Å². The maximum atomic E-state index is 5.23. The number of nitrogens with one attached hydrogen (secondary N) is 1. The highest BCUT2D eigenvalue weighted by atomic mass is 16.5. The van der Waals surface area contributed by atoms with Crippen molar-refractivity contribution in [2.45, 2.75) is 26.6 Å². The third-order valence-electron chi connectivity index (χ3n) is 4.49. The average Bonchev–Trinajstić information content (AvgIpc) is 3.25. The van der Waals surface area contributed by atoms with Crippen LogP contribution in [-0.4, -0.2) is 46.3 Å². The first-order valence-corrected chi connectivity index (χ1v) is 9.70. The minimum atomic E-state index is 0.612. The van der Waals surface area contributed by atoms with Gasteiger partial charge in [0.1, 0.15) is 18.4 Å². The van der Waals surface area contributed by atoms with Gasteiger partial charge >= 0.3 is 0 Å². The van der Waals surface area contributed by atoms with Crippen molar-refractivity contribution in [2.24, 2.45) is 4.99 Å². The molecule has 0 aliphatic carbocycles. The highest BCUT2D eigenvalue weighted by Crippen LogP contribution is 2.13. The van der Waals surface area contributed by atoms with Gasteiger partial charge in [-0.3, -0.25) is 0 Å². The summed E-state index contributed by atoms with van der Waals surface area (Å²) in [6.07, 6.45) is 3.28. The molecule has 1 aromatic heterocycles. The van der Waals surface area contributed by atoms with Gasteiger partial charge in [0, 0.05) is 20.1 Å². The van der Waals surface area contributed by atoms with E-state index in [2.05, 4.69) is 63.6 Å². The van der Waals surface area contributed by atoms with Gasteiger partial charge in [0.2, 0.25) is 0 Å². The Kier molecular flexibility index (Phi) is 7.22. The van der Waals surface area contributed by atoms with Crippen LogP contribution in [0.15, 0.2) is 66.2 Å². The Bertz CT molecular complexity index is 905. The summed E-state index contributed by atoms with van der Waals surface area (Å²) in [5, 5.41) is 7.54. The molecule has 0 unspecified atom stereocenters. The molecule has 0 atom stereocenters. The van der Waals surface area contributed by atoms with E-state index in [9.17, 15) is 0 Å². The molecule has 0 fully saturated rings. The van der Waals surface area contributed by atoms with Crippen LogP contribution in [0, 0.1) is 0 Å². The Morgan fingerprint density at radius 1 is 1.14 bits per heavy atom. The standard InChI is InChI=1S/C22H28N6O/c1-4-24-22(27(2)14-18-8-10-21(29-3)11-9-18)25-13-19-6-5-7-20(12-19)15-28-17-23-16-26-28/h5-12,16-17H,4,13-15H2,1-3H3,(H,24,25). The van der Waals surface area contributed by atoms with Gasteiger partial charge in [0.05, 0.1) is 20.2 Å². The van der Waals surface area contributed by atoms with Crippen LogP contribution in [0.1, 0.15) is 23.6 Å². The van der Waals surface area contributed by atoms with Crippen LogP contribution >= 0.6 is 0 Å². The van der Waals surface area contributed by atoms with Gasteiger partial charge in [0.25, 0.3) is 0 Å². The molecule has 0 saturated carbocycles. The molecule has 2 aromatic carbocycles. The SMILES string of the molecule is CCNC(=NCc1cccc(Cn2cncn2)c1)N(C)Cc1ccc(OC)cc1. The molecule has 0 radical (unpaired) electrons. The Balaban J connectivity index is 1.66. The quantitative estimate of drug-likeness (QED) is 0.472. The normalized spacial score (nSPS) is 11.3. The molecule has 0 aliphatic heterocycles. The van der Waals surface area contributed by atoms with Crippen LogP contribution < -0.4 is 10.1 Å². The van der Waals surface area contributed by atoms with E-state index in [1.807, 2.05) is 23.9 Å². The van der Waals surface area contributed by atoms with E-state index >= 15 is 0 Å². The predicted octanol–water partition coefficient (Wildman–Crippen LogP) is 2.93. The predicted molar refractivity (Wildman–Crippen MR) is 115 cm³/mol. The smallest absolute Gasteiger partial charge is 0.194 e. The topological polar surface area (TPSA) is 67.6 Å². The van der Waals surface area contributed by atoms with Gasteiger partial charge in [-0.2, -0.15) is 5.10 Å². The van der Waals surface area contributed by atoms with Crippen LogP contribution in [-0.2, 0) is 19.6 Å². The Morgan fingerprint density at radius 3 is 2.62 bits per heavy atom. The fourth-order valence-electron chi connectivity index (χ4n) is 3.04. The molecule has 0 bridgehead atoms. The average molecular weight is 393 g/mol. The van der Waals surface area contributed by atoms with E-state index < -0.39 is 0 Å². The molecule has 3 aromatic rings. The number of nitrogens with zero attached hydrogens (tertiary/aromatic N) is 5. The fraction of sp³-hybridized carbons (Fsp3) is 0.318. The van der Waals surface area contributed by atoms with Crippen molar-refractivity contribution in [3.8, 4) is 5.75 Å². The molecule has 0 amide bonds. The van der Waals surface area contributed by atoms with Crippen molar-refractivity contribution in [1.82, 2.24) is 25.0 Å². The zero-order valence-corrected chi connectivity index (χ0v) is 17.2. The van der Waals surface area contributed by atoms with Crippen molar-refractivity contribution >= 4 is 5.96 Å². The van der Waals surface area contributed by atoms with Crippen LogP contribution in [0.3, 0.4) is 0 Å². The zero-order valence-electron chi connectivity index (χ0n) is 17.2. The Labute approximate surface area is 172 Å². The van der Waals surface area contributed by atoms with Gasteiger partial charge < -0.3 is 15.0 Å². The van der Waals surface area contributed by atoms with E-state index in [0.717, 1.165) is 30.4 Å². The van der Waals surface area contributed by atoms with E-state index in [-0.39, 0.29) is 0 Å². The molecule has 1 heterocycles. The summed E-state index contributed by atoms with van der Waals surface area (Å²) >= 11 is 0. The van der Waals surface area contributed by atoms with Crippen molar-refractivity contribution in [2.75, 3.05) is 20.7 Å². The lowest BCUT2D eigenvalue weighted by Gasteiger charge is -2.22. The molecule has 0 aliphatic rings. The van der Waals surface area contributed by atoms with Crippen LogP contribution in [0.2, 0.25) is 0 Å². The summed E-state index contributed by atoms with van der Waals surface area (Å²) in [5.74, 6) is 1.74. The minimum Gasteiger partial charge on any atom is -0.497 e. The number of ether oxygens (including phenoxy) is 1. The number of aromatic nitrogens is 3. The Morgan fingerprint density at radius 2 is 1.93 bits per heavy atom. The van der Waals surface area contributed by atoms with Crippen molar-refractivity contribution in [3.05, 3.63) is 77.9 Å². The monoisotopic (exact) mass is 392 g/mol. The molecular formula is C22H28N6O. The van der Waals surface area contributed by atoms with Gasteiger partial charge in [-0.1, -0.05) is 36.4 Å².